The Labute approximate surface area is 160 Å². The zero-order valence-electron chi connectivity index (χ0n) is 14.2. The number of aromatic nitrogens is 2. The molecular weight excluding hydrogens is 372 g/mol. The molecule has 0 saturated heterocycles. The Balaban J connectivity index is 1.54. The van der Waals surface area contributed by atoms with Gasteiger partial charge in [-0.25, -0.2) is 4.79 Å². The molecule has 0 unspecified atom stereocenters. The lowest BCUT2D eigenvalue weighted by atomic mass is 10.1. The molecule has 3 aromatic rings. The monoisotopic (exact) mass is 388 g/mol. The largest absolute Gasteiger partial charge is 0.486 e. The van der Waals surface area contributed by atoms with Crippen molar-refractivity contribution >= 4 is 39.8 Å². The Bertz CT molecular complexity index is 912. The number of nitrogens with one attached hydrogen (secondary N) is 2. The molecule has 0 radical (unpaired) electrons. The van der Waals surface area contributed by atoms with Crippen LogP contribution in [0.4, 0.5) is 15.6 Å². The van der Waals surface area contributed by atoms with Crippen LogP contribution in [0.1, 0.15) is 16.1 Å². The lowest BCUT2D eigenvalue weighted by Gasteiger charge is -2.07. The van der Waals surface area contributed by atoms with Gasteiger partial charge in [0.2, 0.25) is 5.13 Å². The molecule has 134 valence electrons. The van der Waals surface area contributed by atoms with Crippen LogP contribution in [-0.2, 0) is 6.61 Å². The molecule has 8 heteroatoms. The van der Waals surface area contributed by atoms with Crippen molar-refractivity contribution < 1.29 is 9.53 Å². The van der Waals surface area contributed by atoms with Crippen LogP contribution in [0.5, 0.6) is 5.75 Å². The summed E-state index contributed by atoms with van der Waals surface area (Å²) in [5, 5.41) is 15.0. The first-order valence-electron chi connectivity index (χ1n) is 7.85. The van der Waals surface area contributed by atoms with Gasteiger partial charge in [0.1, 0.15) is 12.4 Å². The van der Waals surface area contributed by atoms with E-state index in [4.69, 9.17) is 16.3 Å². The van der Waals surface area contributed by atoms with E-state index in [0.717, 1.165) is 11.3 Å². The predicted octanol–water partition coefficient (Wildman–Crippen LogP) is 5.03. The number of hydrogen-bond donors (Lipinski definition) is 2. The average Bonchev–Trinajstić information content (AvgIpc) is 3.03. The van der Waals surface area contributed by atoms with Crippen LogP contribution in [0.2, 0.25) is 5.02 Å². The molecule has 0 fully saturated rings. The highest BCUT2D eigenvalue weighted by Gasteiger charge is 2.09. The zero-order chi connectivity index (χ0) is 18.5. The number of amides is 2. The number of nitrogens with zero attached hydrogens (tertiary/aromatic N) is 2. The molecule has 3 rings (SSSR count). The molecule has 0 aliphatic carbocycles. The number of halogens is 1. The van der Waals surface area contributed by atoms with Gasteiger partial charge in [0.05, 0.1) is 0 Å². The van der Waals surface area contributed by atoms with E-state index in [1.807, 2.05) is 26.0 Å². The first-order chi connectivity index (χ1) is 12.5. The second-order valence-corrected chi connectivity index (χ2v) is 7.14. The van der Waals surface area contributed by atoms with Gasteiger partial charge in [-0.1, -0.05) is 40.6 Å². The smallest absolute Gasteiger partial charge is 0.325 e. The third-order valence-electron chi connectivity index (χ3n) is 3.47. The van der Waals surface area contributed by atoms with E-state index in [9.17, 15) is 4.79 Å². The third-order valence-corrected chi connectivity index (χ3v) is 4.54. The molecule has 2 N–H and O–H groups in total. The van der Waals surface area contributed by atoms with Crippen LogP contribution in [0.15, 0.2) is 42.5 Å². The van der Waals surface area contributed by atoms with E-state index < -0.39 is 6.03 Å². The second-order valence-electron chi connectivity index (χ2n) is 5.64. The Morgan fingerprint density at radius 2 is 1.88 bits per heavy atom. The maximum absolute atomic E-state index is 12.0. The number of carbonyl (C=O) groups is 1. The van der Waals surface area contributed by atoms with E-state index in [1.54, 1.807) is 24.3 Å². The molecule has 0 atom stereocenters. The summed E-state index contributed by atoms with van der Waals surface area (Å²) in [6, 6.07) is 12.4. The van der Waals surface area contributed by atoms with Crippen LogP contribution in [0.25, 0.3) is 0 Å². The minimum absolute atomic E-state index is 0.294. The van der Waals surface area contributed by atoms with Gasteiger partial charge < -0.3 is 10.1 Å². The number of carbonyl (C=O) groups excluding carboxylic acids is 1. The number of aryl methyl sites for hydroxylation is 2. The molecule has 0 aliphatic rings. The van der Waals surface area contributed by atoms with Crippen LogP contribution in [0, 0.1) is 13.8 Å². The summed E-state index contributed by atoms with van der Waals surface area (Å²) < 4.78 is 5.77. The normalized spacial score (nSPS) is 10.4. The second kappa shape index (κ2) is 8.16. The molecule has 0 aliphatic heterocycles. The Morgan fingerprint density at radius 3 is 2.62 bits per heavy atom. The van der Waals surface area contributed by atoms with Crippen molar-refractivity contribution in [3.8, 4) is 5.75 Å². The minimum Gasteiger partial charge on any atom is -0.486 e. The molecule has 2 amide bonds. The van der Waals surface area contributed by atoms with Crippen LogP contribution >= 0.6 is 22.9 Å². The number of anilines is 2. The first kappa shape index (κ1) is 18.2. The molecular formula is C18H17ClN4O2S. The Kier molecular flexibility index (Phi) is 5.70. The topological polar surface area (TPSA) is 76.1 Å². The molecule has 2 aromatic carbocycles. The number of benzene rings is 2. The van der Waals surface area contributed by atoms with Crippen molar-refractivity contribution in [2.45, 2.75) is 20.5 Å². The maximum Gasteiger partial charge on any atom is 0.325 e. The van der Waals surface area contributed by atoms with Gasteiger partial charge in [0, 0.05) is 10.7 Å². The number of urea groups is 1. The lowest BCUT2D eigenvalue weighted by Crippen LogP contribution is -2.19. The Morgan fingerprint density at radius 1 is 1.12 bits per heavy atom. The highest BCUT2D eigenvalue weighted by molar-refractivity contribution is 7.15. The van der Waals surface area contributed by atoms with Gasteiger partial charge in [-0.05, 0) is 49.7 Å². The van der Waals surface area contributed by atoms with Crippen molar-refractivity contribution in [1.29, 1.82) is 0 Å². The maximum atomic E-state index is 12.0. The molecule has 0 bridgehead atoms. The van der Waals surface area contributed by atoms with E-state index in [2.05, 4.69) is 26.9 Å². The molecule has 6 nitrogen and oxygen atoms in total. The van der Waals surface area contributed by atoms with Crippen molar-refractivity contribution in [3.05, 3.63) is 63.6 Å². The van der Waals surface area contributed by atoms with Crippen molar-refractivity contribution in [1.82, 2.24) is 10.2 Å². The van der Waals surface area contributed by atoms with Crippen LogP contribution in [0.3, 0.4) is 0 Å². The molecule has 1 aromatic heterocycles. The van der Waals surface area contributed by atoms with E-state index in [0.29, 0.717) is 27.5 Å². The van der Waals surface area contributed by atoms with Gasteiger partial charge in [-0.3, -0.25) is 5.32 Å². The summed E-state index contributed by atoms with van der Waals surface area (Å²) in [5.74, 6) is 0.806. The van der Waals surface area contributed by atoms with Gasteiger partial charge >= 0.3 is 6.03 Å². The summed E-state index contributed by atoms with van der Waals surface area (Å²) in [7, 11) is 0. The van der Waals surface area contributed by atoms with E-state index >= 15 is 0 Å². The molecule has 0 saturated carbocycles. The summed E-state index contributed by atoms with van der Waals surface area (Å²) in [5.41, 5.74) is 2.88. The van der Waals surface area contributed by atoms with Crippen molar-refractivity contribution in [2.75, 3.05) is 10.6 Å². The lowest BCUT2D eigenvalue weighted by molar-refractivity contribution is 0.262. The third kappa shape index (κ3) is 4.93. The standard InChI is InChI=1S/C18H17ClN4O2S/c1-11-3-8-15(12(2)9-11)25-10-16-22-23-18(26-16)21-17(24)20-14-6-4-13(19)5-7-14/h3-9H,10H2,1-2H3,(H2,20,21,23,24). The van der Waals surface area contributed by atoms with Crippen molar-refractivity contribution in [2.24, 2.45) is 0 Å². The van der Waals surface area contributed by atoms with Crippen molar-refractivity contribution in [3.63, 3.8) is 0 Å². The van der Waals surface area contributed by atoms with E-state index in [1.165, 1.54) is 16.9 Å². The quantitative estimate of drug-likeness (QED) is 0.642. The zero-order valence-corrected chi connectivity index (χ0v) is 15.8. The fourth-order valence-electron chi connectivity index (χ4n) is 2.26. The number of ether oxygens (including phenoxy) is 1. The molecule has 0 spiro atoms. The highest BCUT2D eigenvalue weighted by Crippen LogP contribution is 2.22. The van der Waals surface area contributed by atoms with E-state index in [-0.39, 0.29) is 0 Å². The minimum atomic E-state index is -0.398. The number of hydrogen-bond acceptors (Lipinski definition) is 5. The summed E-state index contributed by atoms with van der Waals surface area (Å²) in [4.78, 5) is 12.0. The fourth-order valence-corrected chi connectivity index (χ4v) is 3.03. The summed E-state index contributed by atoms with van der Waals surface area (Å²) in [6.07, 6.45) is 0. The van der Waals surface area contributed by atoms with Gasteiger partial charge in [0.15, 0.2) is 5.01 Å². The van der Waals surface area contributed by atoms with Gasteiger partial charge in [-0.2, -0.15) is 0 Å². The fraction of sp³-hybridized carbons (Fsp3) is 0.167. The predicted molar refractivity (Wildman–Crippen MR) is 104 cm³/mol. The highest BCUT2D eigenvalue weighted by atomic mass is 35.5. The Hall–Kier alpha value is -2.64. The number of rotatable bonds is 5. The summed E-state index contributed by atoms with van der Waals surface area (Å²) in [6.45, 7) is 4.33. The first-order valence-corrected chi connectivity index (χ1v) is 9.05. The van der Waals surface area contributed by atoms with Crippen LogP contribution < -0.4 is 15.4 Å². The summed E-state index contributed by atoms with van der Waals surface area (Å²) >= 11 is 7.08. The molecule has 26 heavy (non-hydrogen) atoms. The van der Waals surface area contributed by atoms with Gasteiger partial charge in [0.25, 0.3) is 0 Å². The van der Waals surface area contributed by atoms with Gasteiger partial charge in [-0.15, -0.1) is 10.2 Å². The molecule has 1 heterocycles. The van der Waals surface area contributed by atoms with Crippen LogP contribution in [-0.4, -0.2) is 16.2 Å². The SMILES string of the molecule is Cc1ccc(OCc2nnc(NC(=O)Nc3ccc(Cl)cc3)s2)c(C)c1. The average molecular weight is 389 g/mol.